The van der Waals surface area contributed by atoms with E-state index in [2.05, 4.69) is 0 Å². The van der Waals surface area contributed by atoms with E-state index in [1.54, 1.807) is 11.9 Å². The molecule has 0 saturated carbocycles. The van der Waals surface area contributed by atoms with Crippen LogP contribution in [0, 0.1) is 0 Å². The second-order valence-corrected chi connectivity index (χ2v) is 3.78. The molecule has 0 bridgehead atoms. The molecule has 0 radical (unpaired) electrons. The fraction of sp³-hybridized carbons (Fsp3) is 0.900. The molecular weight excluding hydrogens is 180 g/mol. The molecule has 1 aliphatic rings. The molecule has 1 fully saturated rings. The maximum atomic E-state index is 11.5. The molecule has 0 aromatic carbocycles. The molecule has 4 heteroatoms. The summed E-state index contributed by atoms with van der Waals surface area (Å²) in [5, 5.41) is 0. The third kappa shape index (κ3) is 3.64. The first-order valence-corrected chi connectivity index (χ1v) is 5.29. The molecule has 0 aromatic rings. The van der Waals surface area contributed by atoms with Crippen molar-refractivity contribution in [2.45, 2.75) is 31.8 Å². The standard InChI is InChI=1S/C10H20N2O2/c1-12(7-6-11)10(13)5-4-9-3-2-8-14-9/h9H,2-8,11H2,1H3. The van der Waals surface area contributed by atoms with E-state index in [-0.39, 0.29) is 5.91 Å². The van der Waals surface area contributed by atoms with Gasteiger partial charge in [0.25, 0.3) is 0 Å². The zero-order valence-corrected chi connectivity index (χ0v) is 8.87. The molecule has 2 N–H and O–H groups in total. The minimum absolute atomic E-state index is 0.172. The number of rotatable bonds is 5. The largest absolute Gasteiger partial charge is 0.378 e. The van der Waals surface area contributed by atoms with Gasteiger partial charge in [0.05, 0.1) is 6.10 Å². The Bertz CT molecular complexity index is 179. The van der Waals surface area contributed by atoms with Gasteiger partial charge < -0.3 is 15.4 Å². The van der Waals surface area contributed by atoms with E-state index in [1.165, 1.54) is 0 Å². The van der Waals surface area contributed by atoms with Crippen molar-refractivity contribution in [3.05, 3.63) is 0 Å². The Morgan fingerprint density at radius 1 is 1.64 bits per heavy atom. The molecule has 1 rings (SSSR count). The van der Waals surface area contributed by atoms with Crippen molar-refractivity contribution in [3.63, 3.8) is 0 Å². The first-order chi connectivity index (χ1) is 6.74. The van der Waals surface area contributed by atoms with E-state index in [1.807, 2.05) is 0 Å². The van der Waals surface area contributed by atoms with Crippen LogP contribution in [-0.4, -0.2) is 43.7 Å². The summed E-state index contributed by atoms with van der Waals surface area (Å²) >= 11 is 0. The van der Waals surface area contributed by atoms with Crippen molar-refractivity contribution in [2.24, 2.45) is 5.73 Å². The molecule has 1 aliphatic heterocycles. The number of likely N-dealkylation sites (N-methyl/N-ethyl adjacent to an activating group) is 1. The lowest BCUT2D eigenvalue weighted by atomic mass is 10.1. The molecular formula is C10H20N2O2. The molecule has 1 unspecified atom stereocenters. The minimum atomic E-state index is 0.172. The van der Waals surface area contributed by atoms with Crippen LogP contribution in [0.3, 0.4) is 0 Å². The first kappa shape index (κ1) is 11.5. The molecule has 1 saturated heterocycles. The highest BCUT2D eigenvalue weighted by Crippen LogP contribution is 2.16. The van der Waals surface area contributed by atoms with Gasteiger partial charge in [0.15, 0.2) is 0 Å². The van der Waals surface area contributed by atoms with E-state index in [4.69, 9.17) is 10.5 Å². The quantitative estimate of drug-likeness (QED) is 0.697. The van der Waals surface area contributed by atoms with E-state index in [0.29, 0.717) is 25.6 Å². The number of ether oxygens (including phenoxy) is 1. The van der Waals surface area contributed by atoms with Crippen molar-refractivity contribution < 1.29 is 9.53 Å². The summed E-state index contributed by atoms with van der Waals surface area (Å²) in [6.45, 7) is 2.03. The molecule has 0 spiro atoms. The Balaban J connectivity index is 2.13. The van der Waals surface area contributed by atoms with Crippen molar-refractivity contribution in [1.29, 1.82) is 0 Å². The average Bonchev–Trinajstić information content (AvgIpc) is 2.67. The van der Waals surface area contributed by atoms with Crippen molar-refractivity contribution in [2.75, 3.05) is 26.7 Å². The van der Waals surface area contributed by atoms with Gasteiger partial charge in [0.2, 0.25) is 5.91 Å². The highest BCUT2D eigenvalue weighted by Gasteiger charge is 2.17. The Hall–Kier alpha value is -0.610. The Kier molecular flexibility index (Phi) is 4.90. The predicted octanol–water partition coefficient (Wildman–Crippen LogP) is 0.363. The van der Waals surface area contributed by atoms with Crippen LogP contribution in [-0.2, 0) is 9.53 Å². The van der Waals surface area contributed by atoms with Gasteiger partial charge in [-0.15, -0.1) is 0 Å². The second kappa shape index (κ2) is 5.98. The lowest BCUT2D eigenvalue weighted by molar-refractivity contribution is -0.130. The zero-order chi connectivity index (χ0) is 10.4. The van der Waals surface area contributed by atoms with E-state index >= 15 is 0 Å². The van der Waals surface area contributed by atoms with Gasteiger partial charge in [0, 0.05) is 33.2 Å². The van der Waals surface area contributed by atoms with Gasteiger partial charge >= 0.3 is 0 Å². The summed E-state index contributed by atoms with van der Waals surface area (Å²) < 4.78 is 5.45. The van der Waals surface area contributed by atoms with Crippen molar-refractivity contribution in [3.8, 4) is 0 Å². The van der Waals surface area contributed by atoms with Crippen LogP contribution >= 0.6 is 0 Å². The van der Waals surface area contributed by atoms with Gasteiger partial charge in [0.1, 0.15) is 0 Å². The Morgan fingerprint density at radius 2 is 2.43 bits per heavy atom. The van der Waals surface area contributed by atoms with Crippen LogP contribution in [0.5, 0.6) is 0 Å². The van der Waals surface area contributed by atoms with E-state index < -0.39 is 0 Å². The van der Waals surface area contributed by atoms with Crippen LogP contribution in [0.4, 0.5) is 0 Å². The van der Waals surface area contributed by atoms with Crippen LogP contribution in [0.2, 0.25) is 0 Å². The number of carbonyl (C=O) groups excluding carboxylic acids is 1. The summed E-state index contributed by atoms with van der Waals surface area (Å²) in [6, 6.07) is 0. The fourth-order valence-corrected chi connectivity index (χ4v) is 1.67. The number of amides is 1. The lowest BCUT2D eigenvalue weighted by Gasteiger charge is -2.17. The number of nitrogens with two attached hydrogens (primary N) is 1. The Labute approximate surface area is 85.4 Å². The summed E-state index contributed by atoms with van der Waals surface area (Å²) in [5.74, 6) is 0.172. The molecule has 1 amide bonds. The van der Waals surface area contributed by atoms with Crippen molar-refractivity contribution >= 4 is 5.91 Å². The number of nitrogens with zero attached hydrogens (tertiary/aromatic N) is 1. The van der Waals surface area contributed by atoms with Gasteiger partial charge in [-0.1, -0.05) is 0 Å². The highest BCUT2D eigenvalue weighted by atomic mass is 16.5. The molecule has 4 nitrogen and oxygen atoms in total. The molecule has 1 heterocycles. The second-order valence-electron chi connectivity index (χ2n) is 3.78. The highest BCUT2D eigenvalue weighted by molar-refractivity contribution is 5.75. The Morgan fingerprint density at radius 3 is 3.00 bits per heavy atom. The topological polar surface area (TPSA) is 55.6 Å². The summed E-state index contributed by atoms with van der Waals surface area (Å²) in [7, 11) is 1.80. The third-order valence-corrected chi connectivity index (χ3v) is 2.59. The van der Waals surface area contributed by atoms with Crippen LogP contribution in [0.1, 0.15) is 25.7 Å². The normalized spacial score (nSPS) is 21.1. The predicted molar refractivity (Wildman–Crippen MR) is 54.9 cm³/mol. The van der Waals surface area contributed by atoms with Gasteiger partial charge in [-0.25, -0.2) is 0 Å². The fourth-order valence-electron chi connectivity index (χ4n) is 1.67. The minimum Gasteiger partial charge on any atom is -0.378 e. The number of hydrogen-bond acceptors (Lipinski definition) is 3. The van der Waals surface area contributed by atoms with Crippen LogP contribution < -0.4 is 5.73 Å². The van der Waals surface area contributed by atoms with Crippen LogP contribution in [0.25, 0.3) is 0 Å². The first-order valence-electron chi connectivity index (χ1n) is 5.29. The van der Waals surface area contributed by atoms with Gasteiger partial charge in [-0.3, -0.25) is 4.79 Å². The van der Waals surface area contributed by atoms with E-state index in [9.17, 15) is 4.79 Å². The number of hydrogen-bond donors (Lipinski definition) is 1. The zero-order valence-electron chi connectivity index (χ0n) is 8.87. The molecule has 14 heavy (non-hydrogen) atoms. The summed E-state index contributed by atoms with van der Waals surface area (Å²) in [5.41, 5.74) is 5.37. The lowest BCUT2D eigenvalue weighted by Crippen LogP contribution is -2.32. The maximum Gasteiger partial charge on any atom is 0.222 e. The summed E-state index contributed by atoms with van der Waals surface area (Å²) in [6.07, 6.45) is 3.99. The van der Waals surface area contributed by atoms with E-state index in [0.717, 1.165) is 25.9 Å². The van der Waals surface area contributed by atoms with Gasteiger partial charge in [-0.05, 0) is 19.3 Å². The molecule has 0 aromatic heterocycles. The monoisotopic (exact) mass is 200 g/mol. The SMILES string of the molecule is CN(CCN)C(=O)CCC1CCCO1. The smallest absolute Gasteiger partial charge is 0.222 e. The number of carbonyl (C=O) groups is 1. The third-order valence-electron chi connectivity index (χ3n) is 2.59. The summed E-state index contributed by atoms with van der Waals surface area (Å²) in [4.78, 5) is 13.2. The van der Waals surface area contributed by atoms with Crippen LogP contribution in [0.15, 0.2) is 0 Å². The molecule has 0 aliphatic carbocycles. The molecule has 82 valence electrons. The molecule has 1 atom stereocenters. The van der Waals surface area contributed by atoms with Gasteiger partial charge in [-0.2, -0.15) is 0 Å². The maximum absolute atomic E-state index is 11.5. The average molecular weight is 200 g/mol. The van der Waals surface area contributed by atoms with Crippen molar-refractivity contribution in [1.82, 2.24) is 4.90 Å².